The minimum atomic E-state index is -0.251. The zero-order valence-corrected chi connectivity index (χ0v) is 14.3. The Bertz CT molecular complexity index is 528. The van der Waals surface area contributed by atoms with E-state index in [1.165, 1.54) is 15.8 Å². The van der Waals surface area contributed by atoms with E-state index in [2.05, 4.69) is 37.9 Å². The zero-order chi connectivity index (χ0) is 13.3. The van der Waals surface area contributed by atoms with E-state index in [0.717, 1.165) is 4.47 Å². The zero-order valence-electron chi connectivity index (χ0n) is 9.51. The first-order valence-electron chi connectivity index (χ1n) is 5.32. The SMILES string of the molecule is Cc1sc(C(Br)Cc2c(F)cccc2Cl)cc1Br. The molecule has 0 aliphatic heterocycles. The summed E-state index contributed by atoms with van der Waals surface area (Å²) in [5.41, 5.74) is 0.559. The van der Waals surface area contributed by atoms with Gasteiger partial charge in [-0.2, -0.15) is 0 Å². The molecule has 0 bridgehead atoms. The van der Waals surface area contributed by atoms with Crippen LogP contribution in [0, 0.1) is 12.7 Å². The summed E-state index contributed by atoms with van der Waals surface area (Å²) in [5.74, 6) is -0.251. The fourth-order valence-corrected chi connectivity index (χ4v) is 4.16. The van der Waals surface area contributed by atoms with Gasteiger partial charge in [0.05, 0.1) is 4.83 Å². The molecule has 1 aromatic carbocycles. The number of thiophene rings is 1. The van der Waals surface area contributed by atoms with E-state index in [1.807, 2.05) is 6.92 Å². The molecule has 0 N–H and O–H groups in total. The number of halogens is 4. The van der Waals surface area contributed by atoms with Gasteiger partial charge in [-0.05, 0) is 47.5 Å². The summed E-state index contributed by atoms with van der Waals surface area (Å²) in [6.07, 6.45) is 0.540. The van der Waals surface area contributed by atoms with E-state index < -0.39 is 0 Å². The van der Waals surface area contributed by atoms with Gasteiger partial charge in [-0.1, -0.05) is 33.6 Å². The molecule has 1 atom stereocenters. The van der Waals surface area contributed by atoms with Crippen molar-refractivity contribution in [1.82, 2.24) is 0 Å². The first-order chi connectivity index (χ1) is 8.49. The Balaban J connectivity index is 2.23. The summed E-state index contributed by atoms with van der Waals surface area (Å²) < 4.78 is 14.8. The van der Waals surface area contributed by atoms with Gasteiger partial charge in [-0.25, -0.2) is 4.39 Å². The number of hydrogen-bond donors (Lipinski definition) is 0. The largest absolute Gasteiger partial charge is 0.207 e. The standard InChI is InChI=1S/C13H10Br2ClFS/c1-7-9(14)6-13(18-7)10(15)5-8-11(16)3-2-4-12(8)17/h2-4,6,10H,5H2,1H3. The topological polar surface area (TPSA) is 0 Å². The van der Waals surface area contributed by atoms with Crippen molar-refractivity contribution in [1.29, 1.82) is 0 Å². The quantitative estimate of drug-likeness (QED) is 0.520. The van der Waals surface area contributed by atoms with Crippen LogP contribution in [0.15, 0.2) is 28.7 Å². The maximum absolute atomic E-state index is 13.7. The lowest BCUT2D eigenvalue weighted by Gasteiger charge is -2.10. The van der Waals surface area contributed by atoms with Crippen LogP contribution in [0.25, 0.3) is 0 Å². The Morgan fingerprint density at radius 2 is 2.17 bits per heavy atom. The van der Waals surface area contributed by atoms with Crippen molar-refractivity contribution in [2.45, 2.75) is 18.2 Å². The maximum atomic E-state index is 13.7. The molecule has 0 amide bonds. The molecule has 2 aromatic rings. The van der Waals surface area contributed by atoms with Crippen molar-refractivity contribution < 1.29 is 4.39 Å². The van der Waals surface area contributed by atoms with Crippen LogP contribution in [0.4, 0.5) is 4.39 Å². The molecule has 0 saturated heterocycles. The maximum Gasteiger partial charge on any atom is 0.127 e. The van der Waals surface area contributed by atoms with E-state index in [1.54, 1.807) is 23.5 Å². The van der Waals surface area contributed by atoms with Gasteiger partial charge in [-0.3, -0.25) is 0 Å². The molecule has 0 aliphatic rings. The summed E-state index contributed by atoms with van der Waals surface area (Å²) >= 11 is 14.8. The normalized spacial score (nSPS) is 12.7. The van der Waals surface area contributed by atoms with Crippen molar-refractivity contribution in [2.24, 2.45) is 0 Å². The van der Waals surface area contributed by atoms with Crippen molar-refractivity contribution in [3.63, 3.8) is 0 Å². The van der Waals surface area contributed by atoms with Gasteiger partial charge in [-0.15, -0.1) is 11.3 Å². The predicted molar refractivity (Wildman–Crippen MR) is 83.5 cm³/mol. The number of benzene rings is 1. The van der Waals surface area contributed by atoms with Gasteiger partial charge in [0.25, 0.3) is 0 Å². The number of rotatable bonds is 3. The Morgan fingerprint density at radius 3 is 2.72 bits per heavy atom. The molecule has 2 rings (SSSR count). The van der Waals surface area contributed by atoms with Gasteiger partial charge >= 0.3 is 0 Å². The Kier molecular flexibility index (Phi) is 4.86. The van der Waals surface area contributed by atoms with E-state index in [4.69, 9.17) is 11.6 Å². The number of alkyl halides is 1. The molecule has 1 aromatic heterocycles. The number of hydrogen-bond acceptors (Lipinski definition) is 1. The number of aryl methyl sites for hydroxylation is 1. The fourth-order valence-electron chi connectivity index (χ4n) is 1.64. The summed E-state index contributed by atoms with van der Waals surface area (Å²) in [7, 11) is 0. The minimum absolute atomic E-state index is 0.0712. The Labute approximate surface area is 131 Å². The van der Waals surface area contributed by atoms with Crippen molar-refractivity contribution in [3.05, 3.63) is 54.9 Å². The summed E-state index contributed by atoms with van der Waals surface area (Å²) in [6.45, 7) is 2.05. The van der Waals surface area contributed by atoms with Gasteiger partial charge in [0.1, 0.15) is 5.82 Å². The summed E-state index contributed by atoms with van der Waals surface area (Å²) in [5, 5.41) is 0.479. The second-order valence-electron chi connectivity index (χ2n) is 3.92. The van der Waals surface area contributed by atoms with Crippen LogP contribution >= 0.6 is 54.8 Å². The van der Waals surface area contributed by atoms with Gasteiger partial charge in [0.2, 0.25) is 0 Å². The monoisotopic (exact) mass is 410 g/mol. The molecule has 0 saturated carbocycles. The molecular formula is C13H10Br2ClFS. The van der Waals surface area contributed by atoms with Crippen LogP contribution in [-0.2, 0) is 6.42 Å². The molecule has 0 nitrogen and oxygen atoms in total. The molecule has 0 aliphatic carbocycles. The van der Waals surface area contributed by atoms with E-state index in [9.17, 15) is 4.39 Å². The third-order valence-corrected chi connectivity index (χ3v) is 6.35. The van der Waals surface area contributed by atoms with Gasteiger partial charge in [0.15, 0.2) is 0 Å². The van der Waals surface area contributed by atoms with Crippen LogP contribution in [0.3, 0.4) is 0 Å². The van der Waals surface area contributed by atoms with Crippen LogP contribution in [0.5, 0.6) is 0 Å². The average molecular weight is 413 g/mol. The van der Waals surface area contributed by atoms with Gasteiger partial charge in [0, 0.05) is 24.8 Å². The highest BCUT2D eigenvalue weighted by molar-refractivity contribution is 9.10. The molecule has 1 heterocycles. The summed E-state index contributed by atoms with van der Waals surface area (Å²) in [4.78, 5) is 2.45. The van der Waals surface area contributed by atoms with Crippen molar-refractivity contribution in [3.8, 4) is 0 Å². The highest BCUT2D eigenvalue weighted by Crippen LogP contribution is 2.37. The molecule has 1 unspecified atom stereocenters. The van der Waals surface area contributed by atoms with E-state index >= 15 is 0 Å². The van der Waals surface area contributed by atoms with Crippen LogP contribution in [0.2, 0.25) is 5.02 Å². The molecule has 96 valence electrons. The lowest BCUT2D eigenvalue weighted by Crippen LogP contribution is -1.97. The van der Waals surface area contributed by atoms with Crippen LogP contribution in [-0.4, -0.2) is 0 Å². The van der Waals surface area contributed by atoms with Gasteiger partial charge < -0.3 is 0 Å². The van der Waals surface area contributed by atoms with Crippen LogP contribution < -0.4 is 0 Å². The third kappa shape index (κ3) is 3.16. The fraction of sp³-hybridized carbons (Fsp3) is 0.231. The third-order valence-electron chi connectivity index (χ3n) is 2.63. The molecule has 0 fully saturated rings. The van der Waals surface area contributed by atoms with E-state index in [0.29, 0.717) is 17.0 Å². The first-order valence-corrected chi connectivity index (χ1v) is 8.22. The highest BCUT2D eigenvalue weighted by Gasteiger charge is 2.16. The molecular weight excluding hydrogens is 402 g/mol. The summed E-state index contributed by atoms with van der Waals surface area (Å²) in [6, 6.07) is 6.84. The van der Waals surface area contributed by atoms with Crippen LogP contribution in [0.1, 0.15) is 20.1 Å². The van der Waals surface area contributed by atoms with Crippen molar-refractivity contribution in [2.75, 3.05) is 0 Å². The predicted octanol–water partition coefficient (Wildman–Crippen LogP) is 6.29. The van der Waals surface area contributed by atoms with E-state index in [-0.39, 0.29) is 10.6 Å². The Morgan fingerprint density at radius 1 is 1.44 bits per heavy atom. The Hall–Kier alpha value is 0.1000. The molecule has 18 heavy (non-hydrogen) atoms. The minimum Gasteiger partial charge on any atom is -0.207 e. The molecule has 5 heteroatoms. The van der Waals surface area contributed by atoms with Crippen molar-refractivity contribution >= 4 is 54.8 Å². The second kappa shape index (κ2) is 6.04. The molecule has 0 radical (unpaired) electrons. The molecule has 0 spiro atoms. The second-order valence-corrected chi connectivity index (χ2v) is 7.58. The smallest absolute Gasteiger partial charge is 0.127 e. The lowest BCUT2D eigenvalue weighted by atomic mass is 10.1. The lowest BCUT2D eigenvalue weighted by molar-refractivity contribution is 0.609. The average Bonchev–Trinajstić information content (AvgIpc) is 2.64. The highest BCUT2D eigenvalue weighted by atomic mass is 79.9. The first kappa shape index (κ1) is 14.5.